The molecule has 126 valence electrons. The lowest BCUT2D eigenvalue weighted by atomic mass is 10.1. The molecule has 2 aromatic carbocycles. The van der Waals surface area contributed by atoms with Crippen molar-refractivity contribution in [1.82, 2.24) is 5.32 Å². The summed E-state index contributed by atoms with van der Waals surface area (Å²) in [5.41, 5.74) is 5.14. The zero-order valence-electron chi connectivity index (χ0n) is 14.4. The lowest BCUT2D eigenvalue weighted by Crippen LogP contribution is -2.38. The Labute approximate surface area is 150 Å². The first-order valence-electron chi connectivity index (χ1n) is 8.69. The maximum atomic E-state index is 5.48. The van der Waals surface area contributed by atoms with E-state index in [0.29, 0.717) is 11.2 Å². The zero-order chi connectivity index (χ0) is 16.9. The second-order valence-corrected chi connectivity index (χ2v) is 6.60. The van der Waals surface area contributed by atoms with Crippen molar-refractivity contribution >= 4 is 28.7 Å². The Kier molecular flexibility index (Phi) is 5.36. The number of anilines is 2. The average molecular weight is 340 g/mol. The van der Waals surface area contributed by atoms with Gasteiger partial charge in [0.15, 0.2) is 5.11 Å². The predicted molar refractivity (Wildman–Crippen MR) is 107 cm³/mol. The molecule has 4 heteroatoms. The molecule has 0 saturated carbocycles. The summed E-state index contributed by atoms with van der Waals surface area (Å²) in [6.07, 6.45) is 2.08. The van der Waals surface area contributed by atoms with E-state index in [9.17, 15) is 0 Å². The molecule has 0 radical (unpaired) electrons. The van der Waals surface area contributed by atoms with Gasteiger partial charge in [0.05, 0.1) is 0 Å². The fraction of sp³-hybridized carbons (Fsp3) is 0.350. The first kappa shape index (κ1) is 16.8. The second kappa shape index (κ2) is 7.67. The van der Waals surface area contributed by atoms with Crippen LogP contribution < -0.4 is 15.5 Å². The minimum absolute atomic E-state index is 0.386. The Morgan fingerprint density at radius 2 is 1.58 bits per heavy atom. The van der Waals surface area contributed by atoms with Gasteiger partial charge in [0, 0.05) is 30.5 Å². The smallest absolute Gasteiger partial charge is 0.171 e. The van der Waals surface area contributed by atoms with E-state index < -0.39 is 0 Å². The highest BCUT2D eigenvalue weighted by atomic mass is 32.1. The third-order valence-corrected chi connectivity index (χ3v) is 4.86. The van der Waals surface area contributed by atoms with Crippen LogP contribution in [0.4, 0.5) is 11.4 Å². The maximum absolute atomic E-state index is 5.48. The van der Waals surface area contributed by atoms with Crippen molar-refractivity contribution in [3.8, 4) is 0 Å². The number of nitrogens with one attached hydrogen (secondary N) is 2. The standard InChI is InChI=1S/C20H25N3S/c1-3-23(4-2)19-11-9-17(10-12-19)21-20(24)22-18-13-15-7-5-6-8-16(15)14-18/h5-12,18H,3-4,13-14H2,1-2H3,(H2,21,22,24). The highest BCUT2D eigenvalue weighted by Crippen LogP contribution is 2.22. The third kappa shape index (κ3) is 3.88. The molecule has 1 aliphatic carbocycles. The summed E-state index contributed by atoms with van der Waals surface area (Å²) in [5, 5.41) is 7.44. The van der Waals surface area contributed by atoms with E-state index in [-0.39, 0.29) is 0 Å². The average Bonchev–Trinajstić information content (AvgIpc) is 2.99. The molecule has 0 unspecified atom stereocenters. The van der Waals surface area contributed by atoms with Gasteiger partial charge in [-0.2, -0.15) is 0 Å². The molecule has 0 atom stereocenters. The van der Waals surface area contributed by atoms with Crippen LogP contribution in [0.15, 0.2) is 48.5 Å². The molecule has 0 spiro atoms. The molecule has 0 aliphatic heterocycles. The van der Waals surface area contributed by atoms with Gasteiger partial charge in [-0.25, -0.2) is 0 Å². The monoisotopic (exact) mass is 339 g/mol. The summed E-state index contributed by atoms with van der Waals surface area (Å²) in [6, 6.07) is 17.5. The van der Waals surface area contributed by atoms with Crippen LogP contribution in [0.1, 0.15) is 25.0 Å². The molecular weight excluding hydrogens is 314 g/mol. The number of benzene rings is 2. The van der Waals surface area contributed by atoms with Gasteiger partial charge in [-0.05, 0) is 74.3 Å². The summed E-state index contributed by atoms with van der Waals surface area (Å²) < 4.78 is 0. The number of hydrogen-bond donors (Lipinski definition) is 2. The number of nitrogens with zero attached hydrogens (tertiary/aromatic N) is 1. The fourth-order valence-corrected chi connectivity index (χ4v) is 3.64. The molecule has 2 N–H and O–H groups in total. The number of rotatable bonds is 5. The Balaban J connectivity index is 1.54. The van der Waals surface area contributed by atoms with Crippen LogP contribution in [-0.4, -0.2) is 24.2 Å². The van der Waals surface area contributed by atoms with Crippen LogP contribution in [0.3, 0.4) is 0 Å². The molecule has 0 heterocycles. The molecule has 2 aromatic rings. The van der Waals surface area contributed by atoms with Crippen LogP contribution in [0.5, 0.6) is 0 Å². The van der Waals surface area contributed by atoms with E-state index in [1.54, 1.807) is 0 Å². The molecule has 0 aromatic heterocycles. The summed E-state index contributed by atoms with van der Waals surface area (Å²) in [7, 11) is 0. The first-order valence-corrected chi connectivity index (χ1v) is 9.09. The number of hydrogen-bond acceptors (Lipinski definition) is 2. The van der Waals surface area contributed by atoms with Crippen LogP contribution >= 0.6 is 12.2 Å². The SMILES string of the molecule is CCN(CC)c1ccc(NC(=S)NC2Cc3ccccc3C2)cc1. The van der Waals surface area contributed by atoms with E-state index in [2.05, 4.69) is 77.9 Å². The van der Waals surface area contributed by atoms with E-state index in [1.807, 2.05) is 0 Å². The van der Waals surface area contributed by atoms with E-state index in [1.165, 1.54) is 16.8 Å². The minimum atomic E-state index is 0.386. The third-order valence-electron chi connectivity index (χ3n) is 4.64. The summed E-state index contributed by atoms with van der Waals surface area (Å²) >= 11 is 5.48. The number of thiocarbonyl (C=S) groups is 1. The largest absolute Gasteiger partial charge is 0.372 e. The summed E-state index contributed by atoms with van der Waals surface area (Å²) in [6.45, 7) is 6.39. The number of fused-ring (bicyclic) bond motifs is 1. The van der Waals surface area contributed by atoms with Crippen molar-refractivity contribution in [3.63, 3.8) is 0 Å². The molecule has 0 bridgehead atoms. The van der Waals surface area contributed by atoms with Crippen molar-refractivity contribution in [3.05, 3.63) is 59.7 Å². The first-order chi connectivity index (χ1) is 11.7. The minimum Gasteiger partial charge on any atom is -0.372 e. The van der Waals surface area contributed by atoms with Gasteiger partial charge in [0.2, 0.25) is 0 Å². The van der Waals surface area contributed by atoms with E-state index in [0.717, 1.165) is 31.6 Å². The van der Waals surface area contributed by atoms with Crippen molar-refractivity contribution < 1.29 is 0 Å². The molecule has 3 rings (SSSR count). The normalized spacial score (nSPS) is 13.4. The Bertz CT molecular complexity index is 667. The lowest BCUT2D eigenvalue weighted by Gasteiger charge is -2.21. The van der Waals surface area contributed by atoms with Gasteiger partial charge < -0.3 is 15.5 Å². The van der Waals surface area contributed by atoms with Crippen LogP contribution in [0.2, 0.25) is 0 Å². The molecular formula is C20H25N3S. The summed E-state index contributed by atoms with van der Waals surface area (Å²) in [4.78, 5) is 2.33. The van der Waals surface area contributed by atoms with E-state index in [4.69, 9.17) is 12.2 Å². The fourth-order valence-electron chi connectivity index (χ4n) is 3.36. The Hall–Kier alpha value is -2.07. The van der Waals surface area contributed by atoms with Crippen molar-refractivity contribution in [1.29, 1.82) is 0 Å². The molecule has 0 fully saturated rings. The van der Waals surface area contributed by atoms with Gasteiger partial charge >= 0.3 is 0 Å². The quantitative estimate of drug-likeness (QED) is 0.806. The van der Waals surface area contributed by atoms with Crippen LogP contribution in [0, 0.1) is 0 Å². The predicted octanol–water partition coefficient (Wildman–Crippen LogP) is 3.99. The Morgan fingerprint density at radius 3 is 2.12 bits per heavy atom. The van der Waals surface area contributed by atoms with Gasteiger partial charge in [0.25, 0.3) is 0 Å². The van der Waals surface area contributed by atoms with Crippen LogP contribution in [0.25, 0.3) is 0 Å². The van der Waals surface area contributed by atoms with Crippen LogP contribution in [-0.2, 0) is 12.8 Å². The summed E-state index contributed by atoms with van der Waals surface area (Å²) in [5.74, 6) is 0. The van der Waals surface area contributed by atoms with Gasteiger partial charge in [-0.1, -0.05) is 24.3 Å². The van der Waals surface area contributed by atoms with Gasteiger partial charge in [-0.3, -0.25) is 0 Å². The highest BCUT2D eigenvalue weighted by molar-refractivity contribution is 7.80. The zero-order valence-corrected chi connectivity index (χ0v) is 15.2. The lowest BCUT2D eigenvalue weighted by molar-refractivity contribution is 0.648. The Morgan fingerprint density at radius 1 is 1.00 bits per heavy atom. The van der Waals surface area contributed by atoms with Crippen molar-refractivity contribution in [2.75, 3.05) is 23.3 Å². The maximum Gasteiger partial charge on any atom is 0.171 e. The molecule has 24 heavy (non-hydrogen) atoms. The second-order valence-electron chi connectivity index (χ2n) is 6.19. The molecule has 1 aliphatic rings. The molecule has 3 nitrogen and oxygen atoms in total. The highest BCUT2D eigenvalue weighted by Gasteiger charge is 2.21. The molecule has 0 amide bonds. The van der Waals surface area contributed by atoms with E-state index >= 15 is 0 Å². The van der Waals surface area contributed by atoms with Gasteiger partial charge in [-0.15, -0.1) is 0 Å². The molecule has 0 saturated heterocycles. The van der Waals surface area contributed by atoms with Crippen molar-refractivity contribution in [2.45, 2.75) is 32.7 Å². The van der Waals surface area contributed by atoms with Gasteiger partial charge in [0.1, 0.15) is 0 Å². The van der Waals surface area contributed by atoms with Crippen molar-refractivity contribution in [2.24, 2.45) is 0 Å². The topological polar surface area (TPSA) is 27.3 Å².